The van der Waals surface area contributed by atoms with Gasteiger partial charge in [0.05, 0.1) is 5.56 Å². The normalized spacial score (nSPS) is 11.4. The summed E-state index contributed by atoms with van der Waals surface area (Å²) in [5, 5.41) is 0. The number of alkyl halides is 3. The van der Waals surface area contributed by atoms with Crippen LogP contribution in [0.2, 0.25) is 0 Å². The fourth-order valence-corrected chi connectivity index (χ4v) is 1.62. The molecule has 2 nitrogen and oxygen atoms in total. The predicted molar refractivity (Wildman–Crippen MR) is 67.1 cm³/mol. The van der Waals surface area contributed by atoms with Gasteiger partial charge in [-0.3, -0.25) is 0 Å². The number of benzene rings is 2. The van der Waals surface area contributed by atoms with Gasteiger partial charge in [-0.25, -0.2) is 4.39 Å². The fourth-order valence-electron chi connectivity index (χ4n) is 1.62. The molecule has 2 aromatic carbocycles. The Kier molecular flexibility index (Phi) is 3.57. The number of nitrogen functional groups attached to an aromatic ring is 1. The summed E-state index contributed by atoms with van der Waals surface area (Å²) in [5.74, 6) is -0.491. The number of halogens is 4. The van der Waals surface area contributed by atoms with Crippen molar-refractivity contribution in [1.82, 2.24) is 0 Å². The molecule has 6 heteroatoms. The van der Waals surface area contributed by atoms with Gasteiger partial charge in [0.25, 0.3) is 0 Å². The van der Waals surface area contributed by atoms with Crippen molar-refractivity contribution in [2.45, 2.75) is 13.1 Å². The molecular weight excluding hydrogens is 274 g/mol. The van der Waals surface area contributed by atoms with E-state index in [-0.39, 0.29) is 17.2 Å². The Morgan fingerprint density at radius 1 is 1.00 bits per heavy atom. The van der Waals surface area contributed by atoms with Crippen LogP contribution < -0.4 is 10.5 Å². The van der Waals surface area contributed by atoms with E-state index >= 15 is 0 Å². The molecule has 106 valence electrons. The maximum atomic E-state index is 13.3. The van der Waals surface area contributed by atoms with Crippen molar-refractivity contribution >= 4 is 5.69 Å². The van der Waals surface area contributed by atoms with E-state index in [1.807, 2.05) is 0 Å². The standard InChI is InChI=1S/C14H11F4NO/c1-8-2-3-11(7-13(8)15)20-12-5-9(14(16,17)18)4-10(19)6-12/h2-7H,19H2,1H3. The molecule has 0 aliphatic carbocycles. The SMILES string of the molecule is Cc1ccc(Oc2cc(N)cc(C(F)(F)F)c2)cc1F. The van der Waals surface area contributed by atoms with Crippen molar-refractivity contribution in [2.75, 3.05) is 5.73 Å². The number of aryl methyl sites for hydroxylation is 1. The van der Waals surface area contributed by atoms with Crippen LogP contribution in [0, 0.1) is 12.7 Å². The molecule has 0 fully saturated rings. The zero-order valence-corrected chi connectivity index (χ0v) is 10.5. The summed E-state index contributed by atoms with van der Waals surface area (Å²) >= 11 is 0. The quantitative estimate of drug-likeness (QED) is 0.650. The molecule has 0 spiro atoms. The molecule has 0 aromatic heterocycles. The van der Waals surface area contributed by atoms with Crippen LogP contribution in [0.1, 0.15) is 11.1 Å². The summed E-state index contributed by atoms with van der Waals surface area (Å²) < 4.78 is 56.5. The van der Waals surface area contributed by atoms with Crippen LogP contribution in [0.4, 0.5) is 23.2 Å². The third-order valence-corrected chi connectivity index (χ3v) is 2.64. The van der Waals surface area contributed by atoms with E-state index in [9.17, 15) is 17.6 Å². The van der Waals surface area contributed by atoms with Crippen molar-refractivity contribution in [3.8, 4) is 11.5 Å². The lowest BCUT2D eigenvalue weighted by Crippen LogP contribution is -2.06. The molecule has 20 heavy (non-hydrogen) atoms. The first kappa shape index (κ1) is 14.2. The van der Waals surface area contributed by atoms with Crippen LogP contribution in [0.5, 0.6) is 11.5 Å². The van der Waals surface area contributed by atoms with Gasteiger partial charge in [0.15, 0.2) is 0 Å². The highest BCUT2D eigenvalue weighted by Gasteiger charge is 2.31. The molecule has 0 heterocycles. The van der Waals surface area contributed by atoms with Crippen molar-refractivity contribution in [1.29, 1.82) is 0 Å². The van der Waals surface area contributed by atoms with Gasteiger partial charge in [-0.05, 0) is 30.7 Å². The summed E-state index contributed by atoms with van der Waals surface area (Å²) in [4.78, 5) is 0. The van der Waals surface area contributed by atoms with E-state index in [0.29, 0.717) is 5.56 Å². The summed E-state index contributed by atoms with van der Waals surface area (Å²) in [6.45, 7) is 1.57. The minimum absolute atomic E-state index is 0.0811. The number of ether oxygens (including phenoxy) is 1. The van der Waals surface area contributed by atoms with E-state index in [1.165, 1.54) is 18.2 Å². The molecule has 2 N–H and O–H groups in total. The molecule has 0 radical (unpaired) electrons. The Labute approximate surface area is 112 Å². The fraction of sp³-hybridized carbons (Fsp3) is 0.143. The average Bonchev–Trinajstić information content (AvgIpc) is 2.32. The molecule has 2 aromatic rings. The average molecular weight is 285 g/mol. The van der Waals surface area contributed by atoms with Crippen LogP contribution in [0.3, 0.4) is 0 Å². The maximum Gasteiger partial charge on any atom is 0.416 e. The summed E-state index contributed by atoms with van der Waals surface area (Å²) in [7, 11) is 0. The van der Waals surface area contributed by atoms with Crippen LogP contribution in [0.15, 0.2) is 36.4 Å². The Morgan fingerprint density at radius 2 is 1.70 bits per heavy atom. The summed E-state index contributed by atoms with van der Waals surface area (Å²) in [5.41, 5.74) is 4.83. The van der Waals surface area contributed by atoms with Gasteiger partial charge < -0.3 is 10.5 Å². The van der Waals surface area contributed by atoms with Gasteiger partial charge in [-0.1, -0.05) is 6.07 Å². The second kappa shape index (κ2) is 5.03. The third kappa shape index (κ3) is 3.20. The molecule has 0 amide bonds. The highest BCUT2D eigenvalue weighted by Crippen LogP contribution is 2.34. The van der Waals surface area contributed by atoms with Crippen molar-refractivity contribution in [2.24, 2.45) is 0 Å². The second-order valence-corrected chi connectivity index (χ2v) is 4.30. The zero-order valence-electron chi connectivity index (χ0n) is 10.5. The molecular formula is C14H11F4NO. The lowest BCUT2D eigenvalue weighted by molar-refractivity contribution is -0.137. The van der Waals surface area contributed by atoms with Gasteiger partial charge in [-0.15, -0.1) is 0 Å². The molecule has 0 atom stereocenters. The zero-order chi connectivity index (χ0) is 14.9. The van der Waals surface area contributed by atoms with E-state index in [1.54, 1.807) is 6.92 Å². The third-order valence-electron chi connectivity index (χ3n) is 2.64. The van der Waals surface area contributed by atoms with Crippen LogP contribution in [-0.4, -0.2) is 0 Å². The number of hydrogen-bond acceptors (Lipinski definition) is 2. The molecule has 0 saturated carbocycles. The number of anilines is 1. The molecule has 0 aliphatic rings. The van der Waals surface area contributed by atoms with Crippen molar-refractivity contribution < 1.29 is 22.3 Å². The van der Waals surface area contributed by atoms with E-state index in [2.05, 4.69) is 0 Å². The smallest absolute Gasteiger partial charge is 0.416 e. The van der Waals surface area contributed by atoms with Gasteiger partial charge in [0, 0.05) is 17.8 Å². The van der Waals surface area contributed by atoms with Gasteiger partial charge in [0.1, 0.15) is 17.3 Å². The number of rotatable bonds is 2. The number of nitrogens with two attached hydrogens (primary N) is 1. The first-order valence-corrected chi connectivity index (χ1v) is 5.67. The molecule has 0 bridgehead atoms. The van der Waals surface area contributed by atoms with E-state index in [0.717, 1.165) is 18.2 Å². The topological polar surface area (TPSA) is 35.2 Å². The summed E-state index contributed by atoms with van der Waals surface area (Å²) in [6.07, 6.45) is -4.52. The summed E-state index contributed by atoms with van der Waals surface area (Å²) in [6, 6.07) is 6.91. The van der Waals surface area contributed by atoms with Crippen molar-refractivity contribution in [3.63, 3.8) is 0 Å². The highest BCUT2D eigenvalue weighted by atomic mass is 19.4. The molecule has 0 saturated heterocycles. The number of hydrogen-bond donors (Lipinski definition) is 1. The van der Waals surface area contributed by atoms with Gasteiger partial charge in [0.2, 0.25) is 0 Å². The van der Waals surface area contributed by atoms with Crippen molar-refractivity contribution in [3.05, 3.63) is 53.3 Å². The first-order chi connectivity index (χ1) is 9.25. The lowest BCUT2D eigenvalue weighted by Gasteiger charge is -2.11. The minimum atomic E-state index is -4.52. The minimum Gasteiger partial charge on any atom is -0.457 e. The van der Waals surface area contributed by atoms with Crippen LogP contribution >= 0.6 is 0 Å². The Hall–Kier alpha value is -2.24. The Bertz CT molecular complexity index is 638. The van der Waals surface area contributed by atoms with Crippen LogP contribution in [0.25, 0.3) is 0 Å². The Balaban J connectivity index is 2.33. The molecule has 0 aliphatic heterocycles. The molecule has 2 rings (SSSR count). The monoisotopic (exact) mass is 285 g/mol. The second-order valence-electron chi connectivity index (χ2n) is 4.30. The largest absolute Gasteiger partial charge is 0.457 e. The highest BCUT2D eigenvalue weighted by molar-refractivity contribution is 5.49. The van der Waals surface area contributed by atoms with E-state index in [4.69, 9.17) is 10.5 Å². The molecule has 0 unspecified atom stereocenters. The Morgan fingerprint density at radius 3 is 2.30 bits per heavy atom. The van der Waals surface area contributed by atoms with E-state index < -0.39 is 17.6 Å². The predicted octanol–water partition coefficient (Wildman–Crippen LogP) is 4.53. The van der Waals surface area contributed by atoms with Crippen LogP contribution in [-0.2, 0) is 6.18 Å². The lowest BCUT2D eigenvalue weighted by atomic mass is 10.2. The van der Waals surface area contributed by atoms with Gasteiger partial charge in [-0.2, -0.15) is 13.2 Å². The van der Waals surface area contributed by atoms with Gasteiger partial charge >= 0.3 is 6.18 Å². The first-order valence-electron chi connectivity index (χ1n) is 5.67. The maximum absolute atomic E-state index is 13.3.